The highest BCUT2D eigenvalue weighted by molar-refractivity contribution is 7.10. The molecule has 1 aromatic heterocycles. The summed E-state index contributed by atoms with van der Waals surface area (Å²) in [6.45, 7) is 4.81. The highest BCUT2D eigenvalue weighted by Gasteiger charge is 2.22. The van der Waals surface area contributed by atoms with Gasteiger partial charge in [0, 0.05) is 16.4 Å². The Bertz CT molecular complexity index is 816. The van der Waals surface area contributed by atoms with E-state index in [2.05, 4.69) is 66.9 Å². The molecule has 3 nitrogen and oxygen atoms in total. The number of carbonyl (C=O) groups excluding carboxylic acids is 1. The van der Waals surface area contributed by atoms with Crippen molar-refractivity contribution >= 4 is 17.2 Å². The molecule has 3 rings (SSSR count). The lowest BCUT2D eigenvalue weighted by molar-refractivity contribution is -0.692. The molecule has 0 radical (unpaired) electrons. The van der Waals surface area contributed by atoms with Gasteiger partial charge in [-0.15, -0.1) is 11.3 Å². The van der Waals surface area contributed by atoms with Crippen LogP contribution in [0.1, 0.15) is 41.9 Å². The second kappa shape index (κ2) is 9.49. The quantitative estimate of drug-likeness (QED) is 0.612. The summed E-state index contributed by atoms with van der Waals surface area (Å²) in [5, 5.41) is 7.42. The predicted octanol–water partition coefficient (Wildman–Crippen LogP) is 3.91. The van der Waals surface area contributed by atoms with E-state index in [4.69, 9.17) is 0 Å². The van der Waals surface area contributed by atoms with Crippen LogP contribution in [0.15, 0.2) is 78.2 Å². The third-order valence-corrected chi connectivity index (χ3v) is 5.66. The number of hydrogen-bond donors (Lipinski definition) is 2. The minimum Gasteiger partial charge on any atom is -0.339 e. The molecular formula is C23H27N2OS+. The number of nitrogens with one attached hydrogen (secondary N) is 1. The van der Waals surface area contributed by atoms with Crippen LogP contribution in [0.2, 0.25) is 0 Å². The maximum Gasteiger partial charge on any atom is 0.275 e. The third kappa shape index (κ3) is 5.28. The monoisotopic (exact) mass is 379 g/mol. The minimum absolute atomic E-state index is 0.0545. The number of nitrogens with two attached hydrogens (primary N) is 1. The number of quaternary nitrogens is 1. The Morgan fingerprint density at radius 2 is 1.56 bits per heavy atom. The van der Waals surface area contributed by atoms with Gasteiger partial charge in [-0.25, -0.2) is 0 Å². The van der Waals surface area contributed by atoms with Crippen LogP contribution in [-0.2, 0) is 4.79 Å². The first kappa shape index (κ1) is 19.3. The van der Waals surface area contributed by atoms with Gasteiger partial charge in [0.25, 0.3) is 5.91 Å². The van der Waals surface area contributed by atoms with Crippen LogP contribution in [0.5, 0.6) is 0 Å². The molecule has 140 valence electrons. The van der Waals surface area contributed by atoms with Crippen molar-refractivity contribution in [2.45, 2.75) is 25.9 Å². The van der Waals surface area contributed by atoms with Crippen molar-refractivity contribution in [3.63, 3.8) is 0 Å². The van der Waals surface area contributed by atoms with Crippen molar-refractivity contribution < 1.29 is 10.1 Å². The SMILES string of the molecule is CC(C)[C@H]([NH2+]CC(=O)N[C@@H](c1ccccc1)c1cccs1)c1ccccc1. The summed E-state index contributed by atoms with van der Waals surface area (Å²) in [5.41, 5.74) is 2.37. The van der Waals surface area contributed by atoms with Crippen molar-refractivity contribution in [1.29, 1.82) is 0 Å². The lowest BCUT2D eigenvalue weighted by Crippen LogP contribution is -2.88. The summed E-state index contributed by atoms with van der Waals surface area (Å²) in [5.74, 6) is 0.501. The van der Waals surface area contributed by atoms with Gasteiger partial charge in [-0.05, 0) is 17.0 Å². The molecule has 0 saturated carbocycles. The number of amides is 1. The van der Waals surface area contributed by atoms with E-state index in [0.717, 1.165) is 10.4 Å². The van der Waals surface area contributed by atoms with E-state index in [1.54, 1.807) is 11.3 Å². The molecule has 3 N–H and O–H groups in total. The van der Waals surface area contributed by atoms with E-state index >= 15 is 0 Å². The van der Waals surface area contributed by atoms with Gasteiger partial charge in [-0.2, -0.15) is 0 Å². The first-order valence-electron chi connectivity index (χ1n) is 9.41. The Balaban J connectivity index is 1.67. The van der Waals surface area contributed by atoms with E-state index in [9.17, 15) is 4.79 Å². The minimum atomic E-state index is -0.0960. The standard InChI is InChI=1S/C23H26N2OS/c1-17(2)22(18-10-5-3-6-11-18)24-16-21(26)25-23(20-14-9-15-27-20)19-12-7-4-8-13-19/h3-15,17,22-24H,16H2,1-2H3,(H,25,26)/p+1/t22-,23-/m0/s1. The number of hydrogen-bond acceptors (Lipinski definition) is 2. The van der Waals surface area contributed by atoms with E-state index in [-0.39, 0.29) is 18.0 Å². The van der Waals surface area contributed by atoms with Crippen LogP contribution >= 0.6 is 11.3 Å². The van der Waals surface area contributed by atoms with Crippen LogP contribution in [0.4, 0.5) is 0 Å². The molecule has 0 unspecified atom stereocenters. The van der Waals surface area contributed by atoms with Crippen LogP contribution in [-0.4, -0.2) is 12.5 Å². The van der Waals surface area contributed by atoms with Gasteiger partial charge in [0.15, 0.2) is 6.54 Å². The molecule has 0 aliphatic rings. The van der Waals surface area contributed by atoms with Crippen molar-refractivity contribution in [2.75, 3.05) is 6.54 Å². The Hall–Kier alpha value is -2.43. The van der Waals surface area contributed by atoms with Crippen molar-refractivity contribution in [1.82, 2.24) is 5.32 Å². The Morgan fingerprint density at radius 1 is 0.926 bits per heavy atom. The van der Waals surface area contributed by atoms with E-state index < -0.39 is 0 Å². The molecule has 2 atom stereocenters. The van der Waals surface area contributed by atoms with Gasteiger partial charge >= 0.3 is 0 Å². The molecule has 0 saturated heterocycles. The molecular weight excluding hydrogens is 352 g/mol. The molecule has 1 amide bonds. The zero-order valence-electron chi connectivity index (χ0n) is 15.8. The molecule has 27 heavy (non-hydrogen) atoms. The molecule has 0 aliphatic carbocycles. The van der Waals surface area contributed by atoms with Gasteiger partial charge in [0.05, 0.1) is 6.04 Å². The van der Waals surface area contributed by atoms with Crippen molar-refractivity contribution in [3.8, 4) is 0 Å². The number of benzene rings is 2. The lowest BCUT2D eigenvalue weighted by atomic mass is 9.96. The van der Waals surface area contributed by atoms with Gasteiger partial charge in [0.2, 0.25) is 0 Å². The summed E-state index contributed by atoms with van der Waals surface area (Å²) in [6, 6.07) is 24.8. The first-order chi connectivity index (χ1) is 13.1. The number of carbonyl (C=O) groups is 1. The largest absolute Gasteiger partial charge is 0.339 e. The third-order valence-electron chi connectivity index (χ3n) is 4.73. The topological polar surface area (TPSA) is 45.7 Å². The number of rotatable bonds is 8. The molecule has 4 heteroatoms. The highest BCUT2D eigenvalue weighted by atomic mass is 32.1. The van der Waals surface area contributed by atoms with Gasteiger partial charge < -0.3 is 10.6 Å². The highest BCUT2D eigenvalue weighted by Crippen LogP contribution is 2.25. The van der Waals surface area contributed by atoms with Crippen molar-refractivity contribution in [2.24, 2.45) is 5.92 Å². The maximum absolute atomic E-state index is 12.7. The smallest absolute Gasteiger partial charge is 0.275 e. The Labute approximate surface area is 165 Å². The molecule has 1 heterocycles. The lowest BCUT2D eigenvalue weighted by Gasteiger charge is -2.21. The fraction of sp³-hybridized carbons (Fsp3) is 0.261. The van der Waals surface area contributed by atoms with Crippen LogP contribution in [0, 0.1) is 5.92 Å². The van der Waals surface area contributed by atoms with Crippen LogP contribution in [0.25, 0.3) is 0 Å². The van der Waals surface area contributed by atoms with Crippen LogP contribution in [0.3, 0.4) is 0 Å². The average Bonchev–Trinajstić information content (AvgIpc) is 3.22. The summed E-state index contributed by atoms with van der Waals surface area (Å²) >= 11 is 1.67. The molecule has 3 aromatic rings. The second-order valence-corrected chi connectivity index (χ2v) is 8.03. The van der Waals surface area contributed by atoms with E-state index in [1.807, 2.05) is 35.7 Å². The summed E-state index contributed by atoms with van der Waals surface area (Å²) in [4.78, 5) is 13.9. The number of thiophene rings is 1. The van der Waals surface area contributed by atoms with E-state index in [0.29, 0.717) is 12.5 Å². The Kier molecular flexibility index (Phi) is 6.80. The zero-order chi connectivity index (χ0) is 19.1. The van der Waals surface area contributed by atoms with Crippen LogP contribution < -0.4 is 10.6 Å². The normalized spacial score (nSPS) is 13.3. The Morgan fingerprint density at radius 3 is 2.11 bits per heavy atom. The molecule has 0 aliphatic heterocycles. The molecule has 2 aromatic carbocycles. The van der Waals surface area contributed by atoms with Gasteiger partial charge in [-0.1, -0.05) is 80.6 Å². The zero-order valence-corrected chi connectivity index (χ0v) is 16.7. The summed E-state index contributed by atoms with van der Waals surface area (Å²) < 4.78 is 0. The average molecular weight is 380 g/mol. The summed E-state index contributed by atoms with van der Waals surface area (Å²) in [7, 11) is 0. The second-order valence-electron chi connectivity index (χ2n) is 7.05. The molecule has 0 fully saturated rings. The fourth-order valence-corrected chi connectivity index (χ4v) is 4.14. The van der Waals surface area contributed by atoms with Gasteiger partial charge in [0.1, 0.15) is 6.04 Å². The van der Waals surface area contributed by atoms with E-state index in [1.165, 1.54) is 5.56 Å². The first-order valence-corrected chi connectivity index (χ1v) is 10.3. The summed E-state index contributed by atoms with van der Waals surface area (Å²) in [6.07, 6.45) is 0. The van der Waals surface area contributed by atoms with Crippen molar-refractivity contribution in [3.05, 3.63) is 94.2 Å². The fourth-order valence-electron chi connectivity index (χ4n) is 3.34. The maximum atomic E-state index is 12.7. The predicted molar refractivity (Wildman–Crippen MR) is 112 cm³/mol. The van der Waals surface area contributed by atoms with Gasteiger partial charge in [-0.3, -0.25) is 4.79 Å². The molecule has 0 bridgehead atoms. The molecule has 0 spiro atoms.